The predicted molar refractivity (Wildman–Crippen MR) is 76.3 cm³/mol. The second kappa shape index (κ2) is 5.39. The SMILES string of the molecule is Clc1ccc(Cc2nc([C@@H]3CCCN3)cs2)cc1. The zero-order valence-corrected chi connectivity index (χ0v) is 11.6. The molecule has 2 aromatic rings. The minimum atomic E-state index is 0.472. The molecule has 1 atom stereocenters. The highest BCUT2D eigenvalue weighted by atomic mass is 35.5. The molecule has 1 saturated heterocycles. The van der Waals surface area contributed by atoms with E-state index in [-0.39, 0.29) is 0 Å². The van der Waals surface area contributed by atoms with E-state index in [2.05, 4.69) is 22.8 Å². The third-order valence-corrected chi connectivity index (χ3v) is 4.37. The molecule has 18 heavy (non-hydrogen) atoms. The lowest BCUT2D eigenvalue weighted by Gasteiger charge is -2.05. The van der Waals surface area contributed by atoms with E-state index >= 15 is 0 Å². The van der Waals surface area contributed by atoms with Crippen molar-refractivity contribution in [3.05, 3.63) is 50.9 Å². The zero-order valence-electron chi connectivity index (χ0n) is 10.0. The first-order valence-electron chi connectivity index (χ1n) is 6.23. The Morgan fingerprint density at radius 1 is 1.33 bits per heavy atom. The van der Waals surface area contributed by atoms with Crippen LogP contribution in [0.4, 0.5) is 0 Å². The van der Waals surface area contributed by atoms with Crippen LogP contribution in [0.25, 0.3) is 0 Å². The van der Waals surface area contributed by atoms with Gasteiger partial charge in [-0.05, 0) is 37.1 Å². The van der Waals surface area contributed by atoms with Crippen molar-refractivity contribution in [1.82, 2.24) is 10.3 Å². The molecule has 3 rings (SSSR count). The quantitative estimate of drug-likeness (QED) is 0.923. The van der Waals surface area contributed by atoms with E-state index in [1.165, 1.54) is 29.1 Å². The van der Waals surface area contributed by atoms with Gasteiger partial charge in [-0.3, -0.25) is 0 Å². The van der Waals surface area contributed by atoms with E-state index in [1.54, 1.807) is 11.3 Å². The Labute approximate surface area is 116 Å². The summed E-state index contributed by atoms with van der Waals surface area (Å²) >= 11 is 7.63. The molecule has 2 nitrogen and oxygen atoms in total. The highest BCUT2D eigenvalue weighted by Gasteiger charge is 2.18. The molecule has 1 aliphatic rings. The lowest BCUT2D eigenvalue weighted by Crippen LogP contribution is -2.13. The highest BCUT2D eigenvalue weighted by Crippen LogP contribution is 2.25. The van der Waals surface area contributed by atoms with Gasteiger partial charge < -0.3 is 5.32 Å². The Balaban J connectivity index is 1.71. The van der Waals surface area contributed by atoms with Gasteiger partial charge in [0.1, 0.15) is 0 Å². The summed E-state index contributed by atoms with van der Waals surface area (Å²) in [5.41, 5.74) is 2.47. The monoisotopic (exact) mass is 278 g/mol. The second-order valence-corrected chi connectivity index (χ2v) is 6.00. The molecule has 0 spiro atoms. The molecule has 1 N–H and O–H groups in total. The molecular formula is C14H15ClN2S. The number of hydrogen-bond acceptors (Lipinski definition) is 3. The van der Waals surface area contributed by atoms with Gasteiger partial charge in [0.05, 0.1) is 16.7 Å². The molecule has 1 aliphatic heterocycles. The smallest absolute Gasteiger partial charge is 0.0972 e. The second-order valence-electron chi connectivity index (χ2n) is 4.62. The summed E-state index contributed by atoms with van der Waals surface area (Å²) in [6.45, 7) is 1.12. The van der Waals surface area contributed by atoms with E-state index in [0.717, 1.165) is 18.0 Å². The summed E-state index contributed by atoms with van der Waals surface area (Å²) in [7, 11) is 0. The van der Waals surface area contributed by atoms with Crippen LogP contribution in [-0.2, 0) is 6.42 Å². The number of thiazole rings is 1. The molecule has 4 heteroatoms. The highest BCUT2D eigenvalue weighted by molar-refractivity contribution is 7.09. The average molecular weight is 279 g/mol. The van der Waals surface area contributed by atoms with E-state index < -0.39 is 0 Å². The zero-order chi connectivity index (χ0) is 12.4. The Hall–Kier alpha value is -0.900. The third kappa shape index (κ3) is 2.74. The molecule has 0 radical (unpaired) electrons. The van der Waals surface area contributed by atoms with Gasteiger partial charge in [-0.1, -0.05) is 23.7 Å². The van der Waals surface area contributed by atoms with Crippen molar-refractivity contribution in [3.8, 4) is 0 Å². The maximum atomic E-state index is 5.88. The van der Waals surface area contributed by atoms with Crippen molar-refractivity contribution in [1.29, 1.82) is 0 Å². The fourth-order valence-corrected chi connectivity index (χ4v) is 3.29. The molecule has 0 bridgehead atoms. The predicted octanol–water partition coefficient (Wildman–Crippen LogP) is 3.81. The molecular weight excluding hydrogens is 264 g/mol. The number of nitrogens with zero attached hydrogens (tertiary/aromatic N) is 1. The maximum Gasteiger partial charge on any atom is 0.0972 e. The molecule has 0 unspecified atom stereocenters. The van der Waals surface area contributed by atoms with Gasteiger partial charge in [0, 0.05) is 16.8 Å². The molecule has 0 aliphatic carbocycles. The molecule has 0 amide bonds. The van der Waals surface area contributed by atoms with Crippen LogP contribution in [0.3, 0.4) is 0 Å². The van der Waals surface area contributed by atoms with Crippen molar-refractivity contribution >= 4 is 22.9 Å². The van der Waals surface area contributed by atoms with Gasteiger partial charge in [0.2, 0.25) is 0 Å². The number of hydrogen-bond donors (Lipinski definition) is 1. The van der Waals surface area contributed by atoms with Crippen molar-refractivity contribution in [2.24, 2.45) is 0 Å². The number of halogens is 1. The van der Waals surface area contributed by atoms with E-state index in [4.69, 9.17) is 16.6 Å². The van der Waals surface area contributed by atoms with Crippen LogP contribution in [0.2, 0.25) is 5.02 Å². The van der Waals surface area contributed by atoms with Crippen molar-refractivity contribution in [2.75, 3.05) is 6.54 Å². The van der Waals surface area contributed by atoms with Crippen LogP contribution >= 0.6 is 22.9 Å². The summed E-state index contributed by atoms with van der Waals surface area (Å²) < 4.78 is 0. The Morgan fingerprint density at radius 3 is 2.89 bits per heavy atom. The van der Waals surface area contributed by atoms with Crippen molar-refractivity contribution < 1.29 is 0 Å². The Bertz CT molecular complexity index is 515. The van der Waals surface area contributed by atoms with Crippen LogP contribution in [0.5, 0.6) is 0 Å². The average Bonchev–Trinajstić information content (AvgIpc) is 3.02. The maximum absolute atomic E-state index is 5.88. The Morgan fingerprint density at radius 2 is 2.17 bits per heavy atom. The van der Waals surface area contributed by atoms with Crippen LogP contribution in [-0.4, -0.2) is 11.5 Å². The number of aromatic nitrogens is 1. The lowest BCUT2D eigenvalue weighted by atomic mass is 10.1. The van der Waals surface area contributed by atoms with E-state index in [1.807, 2.05) is 12.1 Å². The number of benzene rings is 1. The molecule has 1 aromatic carbocycles. The number of rotatable bonds is 3. The first-order valence-corrected chi connectivity index (χ1v) is 7.49. The topological polar surface area (TPSA) is 24.9 Å². The van der Waals surface area contributed by atoms with Gasteiger partial charge in [-0.25, -0.2) is 4.98 Å². The summed E-state index contributed by atoms with van der Waals surface area (Å²) in [6, 6.07) is 8.47. The van der Waals surface area contributed by atoms with E-state index in [9.17, 15) is 0 Å². The molecule has 1 fully saturated rings. The van der Waals surface area contributed by atoms with Crippen molar-refractivity contribution in [2.45, 2.75) is 25.3 Å². The fourth-order valence-electron chi connectivity index (χ4n) is 2.28. The van der Waals surface area contributed by atoms with Crippen LogP contribution in [0, 0.1) is 0 Å². The summed E-state index contributed by atoms with van der Waals surface area (Å²) in [5.74, 6) is 0. The van der Waals surface area contributed by atoms with Gasteiger partial charge in [-0.2, -0.15) is 0 Å². The third-order valence-electron chi connectivity index (χ3n) is 3.26. The summed E-state index contributed by atoms with van der Waals surface area (Å²) in [4.78, 5) is 4.73. The van der Waals surface area contributed by atoms with Crippen LogP contribution in [0.1, 0.15) is 35.1 Å². The Kier molecular flexibility index (Phi) is 3.64. The molecule has 1 aromatic heterocycles. The van der Waals surface area contributed by atoms with Gasteiger partial charge in [0.25, 0.3) is 0 Å². The first-order chi connectivity index (χ1) is 8.81. The van der Waals surface area contributed by atoms with Gasteiger partial charge in [0.15, 0.2) is 0 Å². The number of nitrogens with one attached hydrogen (secondary N) is 1. The standard InChI is InChI=1S/C14H15ClN2S/c15-11-5-3-10(4-6-11)8-14-17-13(9-18-14)12-2-1-7-16-12/h3-6,9,12,16H,1-2,7-8H2/t12-/m0/s1. The molecule has 94 valence electrons. The fraction of sp³-hybridized carbons (Fsp3) is 0.357. The van der Waals surface area contributed by atoms with Gasteiger partial charge in [-0.15, -0.1) is 11.3 Å². The molecule has 0 saturated carbocycles. The van der Waals surface area contributed by atoms with Crippen molar-refractivity contribution in [3.63, 3.8) is 0 Å². The minimum Gasteiger partial charge on any atom is -0.309 e. The van der Waals surface area contributed by atoms with Crippen LogP contribution < -0.4 is 5.32 Å². The minimum absolute atomic E-state index is 0.472. The van der Waals surface area contributed by atoms with Gasteiger partial charge >= 0.3 is 0 Å². The summed E-state index contributed by atoms with van der Waals surface area (Å²) in [6.07, 6.45) is 3.37. The normalized spacial score (nSPS) is 19.3. The first kappa shape index (κ1) is 12.2. The largest absolute Gasteiger partial charge is 0.309 e. The summed E-state index contributed by atoms with van der Waals surface area (Å²) in [5, 5.41) is 7.64. The lowest BCUT2D eigenvalue weighted by molar-refractivity contribution is 0.630. The van der Waals surface area contributed by atoms with Crippen LogP contribution in [0.15, 0.2) is 29.6 Å². The van der Waals surface area contributed by atoms with E-state index in [0.29, 0.717) is 6.04 Å². The molecule has 2 heterocycles.